The summed E-state index contributed by atoms with van der Waals surface area (Å²) in [4.78, 5) is 16.8. The van der Waals surface area contributed by atoms with Crippen LogP contribution in [0.1, 0.15) is 5.56 Å². The molecule has 8 nitrogen and oxygen atoms in total. The van der Waals surface area contributed by atoms with Gasteiger partial charge in [-0.25, -0.2) is 18.1 Å². The van der Waals surface area contributed by atoms with Crippen molar-refractivity contribution in [3.63, 3.8) is 0 Å². The zero-order chi connectivity index (χ0) is 25.1. The molecule has 0 spiro atoms. The van der Waals surface area contributed by atoms with E-state index in [1.807, 2.05) is 0 Å². The van der Waals surface area contributed by atoms with Gasteiger partial charge in [0, 0.05) is 26.2 Å². The van der Waals surface area contributed by atoms with E-state index in [9.17, 15) is 39.6 Å². The van der Waals surface area contributed by atoms with E-state index in [1.54, 1.807) is 18.2 Å². The number of nitrogens with zero attached hydrogens (tertiary/aromatic N) is 2. The second-order valence-electron chi connectivity index (χ2n) is 6.46. The van der Waals surface area contributed by atoms with Crippen molar-refractivity contribution < 1.29 is 53.5 Å². The molecule has 1 aromatic carbocycles. The van der Waals surface area contributed by atoms with E-state index in [4.69, 9.17) is 4.74 Å². The van der Waals surface area contributed by atoms with Crippen molar-refractivity contribution in [3.05, 3.63) is 36.4 Å². The molecule has 1 aliphatic rings. The Hall–Kier alpha value is -2.01. The number of hydrogen-bond donors (Lipinski definition) is 0. The Labute approximate surface area is 189 Å². The molecule has 1 aromatic rings. The summed E-state index contributed by atoms with van der Waals surface area (Å²) >= 11 is -1.46. The molecule has 0 N–H and O–H groups in total. The number of alkyl halides is 6. The minimum Gasteiger partial charge on any atom is -0.410 e. The van der Waals surface area contributed by atoms with Crippen molar-refractivity contribution in [3.8, 4) is 5.75 Å². The fourth-order valence-corrected chi connectivity index (χ4v) is 4.44. The van der Waals surface area contributed by atoms with Crippen LogP contribution >= 0.6 is 12.0 Å². The number of piperazine rings is 1. The molecule has 186 valence electrons. The Morgan fingerprint density at radius 1 is 1.06 bits per heavy atom. The fourth-order valence-electron chi connectivity index (χ4n) is 2.57. The average molecular weight is 524 g/mol. The number of amides is 1. The van der Waals surface area contributed by atoms with Crippen molar-refractivity contribution in [2.24, 2.45) is 0 Å². The van der Waals surface area contributed by atoms with E-state index in [0.29, 0.717) is 7.11 Å². The van der Waals surface area contributed by atoms with Gasteiger partial charge in [0.25, 0.3) is 10.0 Å². The Morgan fingerprint density at radius 2 is 1.61 bits per heavy atom. The van der Waals surface area contributed by atoms with Gasteiger partial charge >= 0.3 is 22.5 Å². The maximum absolute atomic E-state index is 14.2. The molecule has 0 aliphatic carbocycles. The predicted molar refractivity (Wildman–Crippen MR) is 105 cm³/mol. The van der Waals surface area contributed by atoms with Gasteiger partial charge < -0.3 is 9.64 Å². The lowest BCUT2D eigenvalue weighted by molar-refractivity contribution is -0.250. The maximum atomic E-state index is 14.2. The third-order valence-corrected chi connectivity index (χ3v) is 7.04. The van der Waals surface area contributed by atoms with Crippen LogP contribution in [0.4, 0.5) is 31.1 Å². The number of benzene rings is 1. The summed E-state index contributed by atoms with van der Waals surface area (Å²) in [6.07, 6.45) is 0.596. The standard InChI is InChI=1S/C17H18F6N2O6S2/c1-3-12-4-6-13(7-5-12)30-14(26)24-8-10-25(11-9-24)33(27,28)17(22,23)15(18,19)16(20,21)32-31-29-2/h3-7H,1,8-11H2,2H3. The molecule has 0 saturated carbocycles. The smallest absolute Gasteiger partial charge is 0.410 e. The first-order valence-electron chi connectivity index (χ1n) is 8.92. The van der Waals surface area contributed by atoms with Crippen LogP contribution in [-0.4, -0.2) is 73.4 Å². The Morgan fingerprint density at radius 3 is 2.09 bits per heavy atom. The van der Waals surface area contributed by atoms with Crippen LogP contribution in [0.5, 0.6) is 5.75 Å². The summed E-state index contributed by atoms with van der Waals surface area (Å²) in [5, 5.41) is -11.9. The van der Waals surface area contributed by atoms with Crippen molar-refractivity contribution in [1.29, 1.82) is 0 Å². The highest BCUT2D eigenvalue weighted by molar-refractivity contribution is 7.95. The largest absolute Gasteiger partial charge is 0.428 e. The highest BCUT2D eigenvalue weighted by Gasteiger charge is 2.79. The number of ether oxygens (including phenoxy) is 1. The van der Waals surface area contributed by atoms with E-state index in [-0.39, 0.29) is 10.1 Å². The predicted octanol–water partition coefficient (Wildman–Crippen LogP) is 3.82. The number of halogens is 6. The highest BCUT2D eigenvalue weighted by atomic mass is 32.2. The highest BCUT2D eigenvalue weighted by Crippen LogP contribution is 2.54. The molecule has 0 aromatic heterocycles. The zero-order valence-corrected chi connectivity index (χ0v) is 18.5. The van der Waals surface area contributed by atoms with Crippen molar-refractivity contribution in [2.75, 3.05) is 33.3 Å². The molecule has 1 aliphatic heterocycles. The van der Waals surface area contributed by atoms with Crippen LogP contribution in [-0.2, 0) is 19.2 Å². The van der Waals surface area contributed by atoms with Gasteiger partial charge in [0.1, 0.15) is 17.8 Å². The second-order valence-corrected chi connectivity index (χ2v) is 9.25. The summed E-state index contributed by atoms with van der Waals surface area (Å²) in [5.41, 5.74) is 0.740. The molecule has 1 amide bonds. The number of carbonyl (C=O) groups is 1. The summed E-state index contributed by atoms with van der Waals surface area (Å²) in [6, 6.07) is 6.08. The van der Waals surface area contributed by atoms with Crippen molar-refractivity contribution in [1.82, 2.24) is 9.21 Å². The minimum absolute atomic E-state index is 0.0957. The normalized spacial score (nSPS) is 16.5. The Kier molecular flexibility index (Phi) is 8.32. The fraction of sp³-hybridized carbons (Fsp3) is 0.471. The van der Waals surface area contributed by atoms with Gasteiger partial charge in [-0.1, -0.05) is 24.8 Å². The lowest BCUT2D eigenvalue weighted by Gasteiger charge is -2.37. The first-order valence-corrected chi connectivity index (χ1v) is 11.1. The van der Waals surface area contributed by atoms with Crippen LogP contribution in [0.2, 0.25) is 0 Å². The SMILES string of the molecule is C=Cc1ccc(OC(=O)N2CCN(S(=O)(=O)C(F)(F)C(F)(F)C(F)(F)SOOC)CC2)cc1. The van der Waals surface area contributed by atoms with E-state index in [2.05, 4.69) is 15.8 Å². The van der Waals surface area contributed by atoms with Gasteiger partial charge in [0.2, 0.25) is 0 Å². The quantitative estimate of drug-likeness (QED) is 0.210. The summed E-state index contributed by atoms with van der Waals surface area (Å²) in [5.74, 6) is -6.24. The number of carbonyl (C=O) groups excluding carboxylic acids is 1. The number of sulfonamides is 1. The van der Waals surface area contributed by atoms with E-state index < -0.39 is 70.8 Å². The first-order chi connectivity index (χ1) is 15.2. The van der Waals surface area contributed by atoms with Crippen LogP contribution in [0.25, 0.3) is 6.08 Å². The Bertz CT molecular complexity index is 953. The van der Waals surface area contributed by atoms with E-state index >= 15 is 0 Å². The summed E-state index contributed by atoms with van der Waals surface area (Å²) in [6.45, 7) is 0.822. The third kappa shape index (κ3) is 5.40. The molecule has 1 heterocycles. The van der Waals surface area contributed by atoms with E-state index in [0.717, 1.165) is 10.5 Å². The van der Waals surface area contributed by atoms with E-state index in [1.165, 1.54) is 12.1 Å². The molecule has 0 unspecified atom stereocenters. The van der Waals surface area contributed by atoms with Gasteiger partial charge in [-0.2, -0.15) is 35.0 Å². The third-order valence-electron chi connectivity index (χ3n) is 4.42. The first kappa shape index (κ1) is 27.2. The van der Waals surface area contributed by atoms with Gasteiger partial charge in [-0.15, -0.1) is 0 Å². The second kappa shape index (κ2) is 10.1. The average Bonchev–Trinajstić information content (AvgIpc) is 2.77. The van der Waals surface area contributed by atoms with Gasteiger partial charge in [0.05, 0.1) is 7.11 Å². The van der Waals surface area contributed by atoms with Crippen LogP contribution in [0.15, 0.2) is 30.8 Å². The lowest BCUT2D eigenvalue weighted by atomic mass is 10.2. The molecule has 1 saturated heterocycles. The zero-order valence-electron chi connectivity index (χ0n) is 16.9. The van der Waals surface area contributed by atoms with Crippen molar-refractivity contribution in [2.45, 2.75) is 16.4 Å². The molecule has 16 heteroatoms. The monoisotopic (exact) mass is 524 g/mol. The molecule has 33 heavy (non-hydrogen) atoms. The number of rotatable bonds is 9. The molecule has 1 fully saturated rings. The molecule has 0 atom stereocenters. The molecule has 0 radical (unpaired) electrons. The van der Waals surface area contributed by atoms with Gasteiger partial charge in [0.15, 0.2) is 0 Å². The van der Waals surface area contributed by atoms with Gasteiger partial charge in [-0.05, 0) is 17.7 Å². The Balaban J connectivity index is 2.08. The van der Waals surface area contributed by atoms with Crippen LogP contribution in [0, 0.1) is 0 Å². The molecule has 0 bridgehead atoms. The minimum atomic E-state index is -6.37. The van der Waals surface area contributed by atoms with Crippen molar-refractivity contribution >= 4 is 34.2 Å². The van der Waals surface area contributed by atoms with Gasteiger partial charge in [-0.3, -0.25) is 0 Å². The molecular formula is C17H18F6N2O6S2. The summed E-state index contributed by atoms with van der Waals surface area (Å²) < 4.78 is 116. The van der Waals surface area contributed by atoms with Crippen LogP contribution < -0.4 is 4.74 Å². The maximum Gasteiger partial charge on any atom is 0.428 e. The lowest BCUT2D eigenvalue weighted by Crippen LogP contribution is -2.62. The topological polar surface area (TPSA) is 85.4 Å². The molecule has 2 rings (SSSR count). The summed E-state index contributed by atoms with van der Waals surface area (Å²) in [7, 11) is -5.62. The molecular weight excluding hydrogens is 506 g/mol. The number of hydrogen-bond acceptors (Lipinski definition) is 7. The van der Waals surface area contributed by atoms with Crippen LogP contribution in [0.3, 0.4) is 0 Å².